The highest BCUT2D eigenvalue weighted by atomic mass is 32.2. The lowest BCUT2D eigenvalue weighted by molar-refractivity contribution is -0.387. The van der Waals surface area contributed by atoms with E-state index in [0.29, 0.717) is 10.1 Å². The molecule has 0 aliphatic carbocycles. The first kappa shape index (κ1) is 23.9. The van der Waals surface area contributed by atoms with Crippen LogP contribution in [0.25, 0.3) is 0 Å². The van der Waals surface area contributed by atoms with Gasteiger partial charge in [-0.25, -0.2) is 0 Å². The number of nitro benzene ring substituents is 1. The summed E-state index contributed by atoms with van der Waals surface area (Å²) in [4.78, 5) is 38.4. The average molecular weight is 470 g/mol. The van der Waals surface area contributed by atoms with Gasteiger partial charge in [-0.05, 0) is 29.5 Å². The number of aryl methyl sites for hydroxylation is 1. The topological polar surface area (TPSA) is 120 Å². The van der Waals surface area contributed by atoms with Crippen LogP contribution in [-0.4, -0.2) is 50.1 Å². The van der Waals surface area contributed by atoms with E-state index >= 15 is 0 Å². The number of nitro groups is 1. The van der Waals surface area contributed by atoms with E-state index in [2.05, 4.69) is 10.2 Å². The van der Waals surface area contributed by atoms with Crippen LogP contribution in [0.5, 0.6) is 0 Å². The molecular weight excluding hydrogens is 446 g/mol. The molecule has 2 aromatic carbocycles. The molecule has 33 heavy (non-hydrogen) atoms. The zero-order valence-electron chi connectivity index (χ0n) is 18.4. The molecule has 3 aromatic rings. The molecule has 0 spiro atoms. The molecule has 10 nitrogen and oxygen atoms in total. The van der Waals surface area contributed by atoms with E-state index in [0.717, 1.165) is 17.3 Å². The van der Waals surface area contributed by atoms with Gasteiger partial charge in [0.15, 0.2) is 5.16 Å². The van der Waals surface area contributed by atoms with Gasteiger partial charge in [0, 0.05) is 31.8 Å². The SMILES string of the molecule is COC(=O)C(C)CN(Cc1ccccc1)C(=O)c1ccc(Sc2nncn2C)c([N+](=O)[O-])c1. The largest absolute Gasteiger partial charge is 0.469 e. The van der Waals surface area contributed by atoms with Crippen LogP contribution in [0.3, 0.4) is 0 Å². The minimum absolute atomic E-state index is 0.101. The van der Waals surface area contributed by atoms with Crippen molar-refractivity contribution in [2.75, 3.05) is 13.7 Å². The van der Waals surface area contributed by atoms with Gasteiger partial charge < -0.3 is 14.2 Å². The van der Waals surface area contributed by atoms with Crippen LogP contribution in [-0.2, 0) is 23.1 Å². The molecule has 0 N–H and O–H groups in total. The maximum atomic E-state index is 13.4. The third-order valence-electron chi connectivity index (χ3n) is 4.87. The Kier molecular flexibility index (Phi) is 7.78. The Labute approximate surface area is 194 Å². The van der Waals surface area contributed by atoms with Crippen molar-refractivity contribution in [1.82, 2.24) is 19.7 Å². The molecule has 0 saturated heterocycles. The molecule has 0 radical (unpaired) electrons. The molecule has 1 amide bonds. The summed E-state index contributed by atoms with van der Waals surface area (Å²) in [5.41, 5.74) is 0.804. The van der Waals surface area contributed by atoms with E-state index in [1.54, 1.807) is 18.5 Å². The molecule has 1 atom stereocenters. The van der Waals surface area contributed by atoms with Crippen LogP contribution in [0.1, 0.15) is 22.8 Å². The lowest BCUT2D eigenvalue weighted by atomic mass is 10.1. The number of nitrogens with zero attached hydrogens (tertiary/aromatic N) is 5. The van der Waals surface area contributed by atoms with E-state index in [9.17, 15) is 19.7 Å². The number of carbonyl (C=O) groups excluding carboxylic acids is 2. The first-order valence-corrected chi connectivity index (χ1v) is 10.8. The van der Waals surface area contributed by atoms with Crippen LogP contribution in [0.2, 0.25) is 0 Å². The fraction of sp³-hybridized carbons (Fsp3) is 0.273. The zero-order valence-corrected chi connectivity index (χ0v) is 19.2. The highest BCUT2D eigenvalue weighted by Crippen LogP contribution is 2.34. The highest BCUT2D eigenvalue weighted by molar-refractivity contribution is 7.99. The fourth-order valence-corrected chi connectivity index (χ4v) is 4.00. The Morgan fingerprint density at radius 3 is 2.58 bits per heavy atom. The number of rotatable bonds is 9. The number of amides is 1. The molecule has 0 saturated carbocycles. The molecule has 0 bridgehead atoms. The smallest absolute Gasteiger partial charge is 0.310 e. The maximum Gasteiger partial charge on any atom is 0.310 e. The Morgan fingerprint density at radius 1 is 1.24 bits per heavy atom. The Morgan fingerprint density at radius 2 is 1.97 bits per heavy atom. The fourth-order valence-electron chi connectivity index (χ4n) is 3.15. The second kappa shape index (κ2) is 10.7. The van der Waals surface area contributed by atoms with Gasteiger partial charge >= 0.3 is 5.97 Å². The molecule has 1 aromatic heterocycles. The third kappa shape index (κ3) is 5.95. The summed E-state index contributed by atoms with van der Waals surface area (Å²) in [7, 11) is 3.02. The van der Waals surface area contributed by atoms with Crippen molar-refractivity contribution in [3.8, 4) is 0 Å². The number of hydrogen-bond donors (Lipinski definition) is 0. The van der Waals surface area contributed by atoms with Crippen molar-refractivity contribution in [1.29, 1.82) is 0 Å². The molecule has 11 heteroatoms. The summed E-state index contributed by atoms with van der Waals surface area (Å²) >= 11 is 1.09. The van der Waals surface area contributed by atoms with Crippen LogP contribution in [0, 0.1) is 16.0 Å². The van der Waals surface area contributed by atoms with Gasteiger partial charge in [0.2, 0.25) is 0 Å². The van der Waals surface area contributed by atoms with Crippen LogP contribution >= 0.6 is 11.8 Å². The van der Waals surface area contributed by atoms with Gasteiger partial charge in [-0.2, -0.15) is 0 Å². The molecule has 0 aliphatic heterocycles. The molecule has 0 fully saturated rings. The van der Waals surface area contributed by atoms with Crippen molar-refractivity contribution < 1.29 is 19.2 Å². The normalized spacial score (nSPS) is 11.6. The molecule has 1 heterocycles. The summed E-state index contributed by atoms with van der Waals surface area (Å²) in [6.45, 7) is 2.01. The second-order valence-corrected chi connectivity index (χ2v) is 8.37. The van der Waals surface area contributed by atoms with E-state index < -0.39 is 22.7 Å². The first-order chi connectivity index (χ1) is 15.8. The highest BCUT2D eigenvalue weighted by Gasteiger charge is 2.26. The first-order valence-electron chi connectivity index (χ1n) is 10.0. The van der Waals surface area contributed by atoms with Crippen molar-refractivity contribution in [2.45, 2.75) is 23.5 Å². The van der Waals surface area contributed by atoms with Gasteiger partial charge in [0.1, 0.15) is 6.33 Å². The van der Waals surface area contributed by atoms with Crippen molar-refractivity contribution in [2.24, 2.45) is 13.0 Å². The summed E-state index contributed by atoms with van der Waals surface area (Å²) in [5, 5.41) is 19.9. The lowest BCUT2D eigenvalue weighted by Gasteiger charge is -2.25. The van der Waals surface area contributed by atoms with E-state index in [1.165, 1.54) is 36.5 Å². The number of carbonyl (C=O) groups is 2. The molecule has 1 unspecified atom stereocenters. The molecule has 172 valence electrons. The number of benzene rings is 2. The summed E-state index contributed by atoms with van der Waals surface area (Å²) in [6.07, 6.45) is 1.50. The Balaban J connectivity index is 1.92. The summed E-state index contributed by atoms with van der Waals surface area (Å²) in [6, 6.07) is 13.6. The number of aromatic nitrogens is 3. The number of esters is 1. The average Bonchev–Trinajstić information content (AvgIpc) is 3.22. The number of methoxy groups -OCH3 is 1. The number of ether oxygens (including phenoxy) is 1. The van der Waals surface area contributed by atoms with Gasteiger partial charge in [-0.1, -0.05) is 37.3 Å². The Hall–Kier alpha value is -3.73. The molecular formula is C22H23N5O5S. The summed E-state index contributed by atoms with van der Waals surface area (Å²) < 4.78 is 6.43. The van der Waals surface area contributed by atoms with E-state index in [-0.39, 0.29) is 24.3 Å². The van der Waals surface area contributed by atoms with E-state index in [4.69, 9.17) is 4.74 Å². The van der Waals surface area contributed by atoms with Crippen LogP contribution < -0.4 is 0 Å². The van der Waals surface area contributed by atoms with Gasteiger partial charge in [0.05, 0.1) is 22.8 Å². The quantitative estimate of drug-likeness (QED) is 0.266. The second-order valence-electron chi connectivity index (χ2n) is 7.36. The van der Waals surface area contributed by atoms with E-state index in [1.807, 2.05) is 30.3 Å². The van der Waals surface area contributed by atoms with Crippen molar-refractivity contribution >= 4 is 29.3 Å². The van der Waals surface area contributed by atoms with Gasteiger partial charge in [0.25, 0.3) is 11.6 Å². The predicted molar refractivity (Wildman–Crippen MR) is 121 cm³/mol. The third-order valence-corrected chi connectivity index (χ3v) is 5.99. The van der Waals surface area contributed by atoms with Crippen molar-refractivity contribution in [3.05, 3.63) is 76.1 Å². The predicted octanol–water partition coefficient (Wildman–Crippen LogP) is 3.33. The minimum atomic E-state index is -0.566. The monoisotopic (exact) mass is 469 g/mol. The minimum Gasteiger partial charge on any atom is -0.469 e. The maximum absolute atomic E-state index is 13.4. The van der Waals surface area contributed by atoms with Crippen molar-refractivity contribution in [3.63, 3.8) is 0 Å². The molecule has 3 rings (SSSR count). The number of hydrogen-bond acceptors (Lipinski definition) is 8. The standard InChI is InChI=1S/C22H23N5O5S/c1-15(21(29)32-3)12-26(13-16-7-5-4-6-8-16)20(28)17-9-10-19(18(11-17)27(30)31)33-22-24-23-14-25(22)2/h4-11,14-15H,12-13H2,1-3H3. The zero-order chi connectivity index (χ0) is 24.0. The Bertz CT molecular complexity index is 1150. The molecule has 0 aliphatic rings. The van der Waals surface area contributed by atoms with Crippen LogP contribution in [0.15, 0.2) is 64.9 Å². The van der Waals surface area contributed by atoms with Gasteiger partial charge in [-0.15, -0.1) is 10.2 Å². The summed E-state index contributed by atoms with van der Waals surface area (Å²) in [5.74, 6) is -1.43. The van der Waals surface area contributed by atoms with Gasteiger partial charge in [-0.3, -0.25) is 19.7 Å². The lowest BCUT2D eigenvalue weighted by Crippen LogP contribution is -2.36. The van der Waals surface area contributed by atoms with Crippen LogP contribution in [0.4, 0.5) is 5.69 Å².